The molecule has 0 aromatic heterocycles. The summed E-state index contributed by atoms with van der Waals surface area (Å²) in [4.78, 5) is 11.0. The summed E-state index contributed by atoms with van der Waals surface area (Å²) in [6, 6.07) is 0.630. The van der Waals surface area contributed by atoms with Crippen molar-refractivity contribution in [3.63, 3.8) is 0 Å². The fourth-order valence-corrected chi connectivity index (χ4v) is 3.07. The Bertz CT molecular complexity index is 190. The minimum Gasteiger partial charge on any atom is -0.466 e. The molecule has 0 aliphatic carbocycles. The van der Waals surface area contributed by atoms with Crippen molar-refractivity contribution in [3.8, 4) is 0 Å². The summed E-state index contributed by atoms with van der Waals surface area (Å²) in [5.74, 6) is 0.278. The van der Waals surface area contributed by atoms with Crippen LogP contribution in [0, 0.1) is 0 Å². The highest BCUT2D eigenvalue weighted by molar-refractivity contribution is 7.80. The molecule has 0 fully saturated rings. The van der Waals surface area contributed by atoms with E-state index >= 15 is 0 Å². The van der Waals surface area contributed by atoms with Crippen LogP contribution >= 0.6 is 12.6 Å². The Kier molecular flexibility index (Phi) is 8.95. The van der Waals surface area contributed by atoms with Gasteiger partial charge in [-0.1, -0.05) is 0 Å². The Balaban J connectivity index is 3.74. The fourth-order valence-electron chi connectivity index (χ4n) is 1.19. The maximum absolute atomic E-state index is 11.0. The van der Waals surface area contributed by atoms with Crippen LogP contribution in [0.25, 0.3) is 0 Å². The van der Waals surface area contributed by atoms with Gasteiger partial charge in [-0.15, -0.1) is 0 Å². The molecular formula is C9H20O5SSi. The molecule has 0 radical (unpaired) electrons. The van der Waals surface area contributed by atoms with Gasteiger partial charge in [0.1, 0.15) is 0 Å². The molecule has 0 aliphatic rings. The Morgan fingerprint density at radius 1 is 1.19 bits per heavy atom. The molecule has 0 aromatic carbocycles. The molecule has 96 valence electrons. The molecule has 0 amide bonds. The second-order valence-electron chi connectivity index (χ2n) is 3.09. The number of ether oxygens (including phenoxy) is 1. The monoisotopic (exact) mass is 268 g/mol. The van der Waals surface area contributed by atoms with Gasteiger partial charge < -0.3 is 18.0 Å². The lowest BCUT2D eigenvalue weighted by molar-refractivity contribution is -0.143. The van der Waals surface area contributed by atoms with Crippen LogP contribution in [0.2, 0.25) is 6.04 Å². The van der Waals surface area contributed by atoms with E-state index in [0.717, 1.165) is 0 Å². The van der Waals surface area contributed by atoms with Gasteiger partial charge in [0.2, 0.25) is 0 Å². The molecule has 7 heteroatoms. The maximum Gasteiger partial charge on any atom is 0.500 e. The minimum atomic E-state index is -2.51. The summed E-state index contributed by atoms with van der Waals surface area (Å²) in [7, 11) is 2.17. The summed E-state index contributed by atoms with van der Waals surface area (Å²) < 4.78 is 20.7. The van der Waals surface area contributed by atoms with E-state index in [1.165, 1.54) is 0 Å². The zero-order valence-corrected chi connectivity index (χ0v) is 11.9. The van der Waals surface area contributed by atoms with E-state index in [4.69, 9.17) is 18.0 Å². The standard InChI is InChI=1S/C9H20O5SSi/c1-11-16(12-2,13-3)8-4-6-14-9(10)5-7-15/h15H,4-8H2,1-3H3. The van der Waals surface area contributed by atoms with E-state index < -0.39 is 8.80 Å². The first-order valence-electron chi connectivity index (χ1n) is 5.06. The van der Waals surface area contributed by atoms with Gasteiger partial charge in [-0.05, 0) is 6.42 Å². The molecule has 0 N–H and O–H groups in total. The summed E-state index contributed by atoms with van der Waals surface area (Å²) in [6.07, 6.45) is 1.00. The molecule has 0 heterocycles. The highest BCUT2D eigenvalue weighted by Crippen LogP contribution is 2.14. The van der Waals surface area contributed by atoms with E-state index in [0.29, 0.717) is 31.2 Å². The molecular weight excluding hydrogens is 248 g/mol. The van der Waals surface area contributed by atoms with Crippen molar-refractivity contribution in [2.75, 3.05) is 33.7 Å². The zero-order valence-electron chi connectivity index (χ0n) is 10.0. The maximum atomic E-state index is 11.0. The predicted octanol–water partition coefficient (Wildman–Crippen LogP) is 1.12. The van der Waals surface area contributed by atoms with Gasteiger partial charge in [0, 0.05) is 33.1 Å². The Morgan fingerprint density at radius 2 is 1.75 bits per heavy atom. The van der Waals surface area contributed by atoms with E-state index in [2.05, 4.69) is 12.6 Å². The zero-order chi connectivity index (χ0) is 12.4. The van der Waals surface area contributed by atoms with Gasteiger partial charge in [0.15, 0.2) is 0 Å². The molecule has 0 aromatic rings. The molecule has 16 heavy (non-hydrogen) atoms. The molecule has 0 spiro atoms. The molecule has 0 rings (SSSR count). The lowest BCUT2D eigenvalue weighted by Crippen LogP contribution is -2.42. The largest absolute Gasteiger partial charge is 0.500 e. The summed E-state index contributed by atoms with van der Waals surface area (Å²) in [6.45, 7) is 0.359. The Morgan fingerprint density at radius 3 is 2.19 bits per heavy atom. The van der Waals surface area contributed by atoms with E-state index in [9.17, 15) is 4.79 Å². The van der Waals surface area contributed by atoms with Crippen LogP contribution in [0.1, 0.15) is 12.8 Å². The van der Waals surface area contributed by atoms with Gasteiger partial charge in [-0.3, -0.25) is 4.79 Å². The van der Waals surface area contributed by atoms with Crippen molar-refractivity contribution >= 4 is 27.4 Å². The van der Waals surface area contributed by atoms with E-state index in [1.807, 2.05) is 0 Å². The molecule has 0 atom stereocenters. The Hall–Kier alpha value is -0.0831. The van der Waals surface area contributed by atoms with Crippen LogP contribution in [0.4, 0.5) is 0 Å². The molecule has 0 bridgehead atoms. The normalized spacial score (nSPS) is 11.5. The van der Waals surface area contributed by atoms with Crippen molar-refractivity contribution in [2.45, 2.75) is 18.9 Å². The van der Waals surface area contributed by atoms with Crippen LogP contribution in [0.5, 0.6) is 0 Å². The van der Waals surface area contributed by atoms with Gasteiger partial charge in [0.05, 0.1) is 13.0 Å². The third-order valence-electron chi connectivity index (χ3n) is 2.14. The molecule has 0 unspecified atom stereocenters. The third-order valence-corrected chi connectivity index (χ3v) is 5.19. The van der Waals surface area contributed by atoms with Crippen molar-refractivity contribution < 1.29 is 22.8 Å². The van der Waals surface area contributed by atoms with E-state index in [-0.39, 0.29) is 5.97 Å². The topological polar surface area (TPSA) is 54.0 Å². The molecule has 0 saturated heterocycles. The lowest BCUT2D eigenvalue weighted by atomic mass is 10.5. The van der Waals surface area contributed by atoms with Crippen LogP contribution in [0.15, 0.2) is 0 Å². The number of carbonyl (C=O) groups excluding carboxylic acids is 1. The van der Waals surface area contributed by atoms with Crippen molar-refractivity contribution in [2.24, 2.45) is 0 Å². The average molecular weight is 268 g/mol. The third kappa shape index (κ3) is 5.85. The fraction of sp³-hybridized carbons (Fsp3) is 0.889. The van der Waals surface area contributed by atoms with Crippen LogP contribution < -0.4 is 0 Å². The second kappa shape index (κ2) is 9.00. The smallest absolute Gasteiger partial charge is 0.466 e. The Labute approximate surface area is 103 Å². The minimum absolute atomic E-state index is 0.227. The number of thiol groups is 1. The SMILES string of the molecule is CO[Si](CCCOC(=O)CCS)(OC)OC. The first-order valence-corrected chi connectivity index (χ1v) is 7.62. The first-order chi connectivity index (χ1) is 7.64. The van der Waals surface area contributed by atoms with Gasteiger partial charge in [-0.25, -0.2) is 0 Å². The predicted molar refractivity (Wildman–Crippen MR) is 65.6 cm³/mol. The lowest BCUT2D eigenvalue weighted by Gasteiger charge is -2.24. The second-order valence-corrected chi connectivity index (χ2v) is 6.63. The van der Waals surface area contributed by atoms with E-state index in [1.54, 1.807) is 21.3 Å². The number of hydrogen-bond acceptors (Lipinski definition) is 6. The van der Waals surface area contributed by atoms with Gasteiger partial charge in [0.25, 0.3) is 0 Å². The number of esters is 1. The molecule has 0 aliphatic heterocycles. The highest BCUT2D eigenvalue weighted by atomic mass is 32.1. The van der Waals surface area contributed by atoms with Crippen LogP contribution in [-0.2, 0) is 22.8 Å². The highest BCUT2D eigenvalue weighted by Gasteiger charge is 2.36. The van der Waals surface area contributed by atoms with Crippen molar-refractivity contribution in [1.82, 2.24) is 0 Å². The van der Waals surface area contributed by atoms with Crippen molar-refractivity contribution in [3.05, 3.63) is 0 Å². The summed E-state index contributed by atoms with van der Waals surface area (Å²) in [5.41, 5.74) is 0. The quantitative estimate of drug-likeness (QED) is 0.294. The average Bonchev–Trinajstić information content (AvgIpc) is 2.31. The van der Waals surface area contributed by atoms with Crippen molar-refractivity contribution in [1.29, 1.82) is 0 Å². The van der Waals surface area contributed by atoms with Crippen LogP contribution in [-0.4, -0.2) is 48.5 Å². The van der Waals surface area contributed by atoms with Gasteiger partial charge >= 0.3 is 14.8 Å². The first kappa shape index (κ1) is 15.9. The number of hydrogen-bond donors (Lipinski definition) is 1. The molecule has 0 saturated carbocycles. The van der Waals surface area contributed by atoms with Crippen LogP contribution in [0.3, 0.4) is 0 Å². The summed E-state index contributed by atoms with van der Waals surface area (Å²) in [5, 5.41) is 0. The summed E-state index contributed by atoms with van der Waals surface area (Å²) >= 11 is 3.94. The van der Waals surface area contributed by atoms with Gasteiger partial charge in [-0.2, -0.15) is 12.6 Å². The number of carbonyl (C=O) groups is 1. The number of rotatable bonds is 9. The molecule has 5 nitrogen and oxygen atoms in total.